The highest BCUT2D eigenvalue weighted by atomic mass is 19.4. The third kappa shape index (κ3) is 3.51. The summed E-state index contributed by atoms with van der Waals surface area (Å²) in [4.78, 5) is 19.6. The van der Waals surface area contributed by atoms with Crippen molar-refractivity contribution < 1.29 is 18.0 Å². The summed E-state index contributed by atoms with van der Waals surface area (Å²) in [7, 11) is 0. The van der Waals surface area contributed by atoms with Crippen LogP contribution in [0.15, 0.2) is 36.7 Å². The molecule has 2 aromatic rings. The Balaban J connectivity index is 2.11. The van der Waals surface area contributed by atoms with Gasteiger partial charge in [-0.15, -0.1) is 0 Å². The monoisotopic (exact) mass is 310 g/mol. The van der Waals surface area contributed by atoms with E-state index in [-0.39, 0.29) is 11.5 Å². The average Bonchev–Trinajstić information content (AvgIpc) is 2.46. The molecule has 1 heterocycles. The van der Waals surface area contributed by atoms with Gasteiger partial charge in [-0.25, -0.2) is 9.97 Å². The first-order valence-corrected chi connectivity index (χ1v) is 6.33. The number of nitrogens with one attached hydrogen (secondary N) is 1. The lowest BCUT2D eigenvalue weighted by atomic mass is 10.1. The van der Waals surface area contributed by atoms with Crippen molar-refractivity contribution in [3.63, 3.8) is 0 Å². The number of alkyl halides is 3. The van der Waals surface area contributed by atoms with Crippen molar-refractivity contribution in [3.05, 3.63) is 53.5 Å². The molecule has 116 valence electrons. The second-order valence-electron chi connectivity index (χ2n) is 4.61. The van der Waals surface area contributed by atoms with Crippen molar-refractivity contribution in [2.45, 2.75) is 19.1 Å². The number of nitrogen functional groups attached to an aromatic ring is 1. The predicted octanol–water partition coefficient (Wildman–Crippen LogP) is 2.57. The number of anilines is 1. The van der Waals surface area contributed by atoms with Crippen LogP contribution in [-0.4, -0.2) is 15.9 Å². The Hall–Kier alpha value is -2.64. The molecular weight excluding hydrogens is 297 g/mol. The van der Waals surface area contributed by atoms with Crippen LogP contribution in [0.5, 0.6) is 0 Å². The highest BCUT2D eigenvalue weighted by Crippen LogP contribution is 2.29. The zero-order valence-electron chi connectivity index (χ0n) is 11.6. The first-order valence-electron chi connectivity index (χ1n) is 6.33. The van der Waals surface area contributed by atoms with Gasteiger partial charge in [0.1, 0.15) is 0 Å². The number of benzene rings is 1. The van der Waals surface area contributed by atoms with Crippen LogP contribution in [-0.2, 0) is 6.18 Å². The van der Waals surface area contributed by atoms with Crippen molar-refractivity contribution in [2.75, 3.05) is 5.73 Å². The molecule has 0 aliphatic heterocycles. The second-order valence-corrected chi connectivity index (χ2v) is 4.61. The highest BCUT2D eigenvalue weighted by Gasteiger charge is 2.30. The Kier molecular flexibility index (Phi) is 4.30. The molecule has 1 aromatic carbocycles. The van der Waals surface area contributed by atoms with Crippen LogP contribution in [0.4, 0.5) is 19.0 Å². The lowest BCUT2D eigenvalue weighted by Gasteiger charge is -2.15. The van der Waals surface area contributed by atoms with Gasteiger partial charge in [0.15, 0.2) is 11.5 Å². The van der Waals surface area contributed by atoms with Crippen molar-refractivity contribution in [3.8, 4) is 0 Å². The minimum absolute atomic E-state index is 0.0142. The molecule has 0 fully saturated rings. The fourth-order valence-electron chi connectivity index (χ4n) is 1.83. The Labute approximate surface area is 124 Å². The summed E-state index contributed by atoms with van der Waals surface area (Å²) in [6.07, 6.45) is -1.71. The molecule has 0 radical (unpaired) electrons. The van der Waals surface area contributed by atoms with Crippen LogP contribution in [0.1, 0.15) is 34.6 Å². The molecular formula is C14H13F3N4O. The van der Waals surface area contributed by atoms with E-state index in [2.05, 4.69) is 15.3 Å². The predicted molar refractivity (Wildman–Crippen MR) is 73.8 cm³/mol. The van der Waals surface area contributed by atoms with E-state index >= 15 is 0 Å². The fraction of sp³-hybridized carbons (Fsp3) is 0.214. The summed E-state index contributed by atoms with van der Waals surface area (Å²) in [6, 6.07) is 4.06. The van der Waals surface area contributed by atoms with Gasteiger partial charge in [0, 0.05) is 12.4 Å². The van der Waals surface area contributed by atoms with Gasteiger partial charge in [-0.1, -0.05) is 12.1 Å². The number of hydrogen-bond donors (Lipinski definition) is 2. The van der Waals surface area contributed by atoms with E-state index in [9.17, 15) is 18.0 Å². The number of halogens is 3. The summed E-state index contributed by atoms with van der Waals surface area (Å²) in [6.45, 7) is 1.65. The summed E-state index contributed by atoms with van der Waals surface area (Å²) < 4.78 is 37.5. The van der Waals surface area contributed by atoms with E-state index < -0.39 is 23.7 Å². The van der Waals surface area contributed by atoms with Gasteiger partial charge >= 0.3 is 6.18 Å². The Morgan fingerprint density at radius 2 is 1.77 bits per heavy atom. The van der Waals surface area contributed by atoms with Crippen molar-refractivity contribution >= 4 is 11.7 Å². The molecule has 5 nitrogen and oxygen atoms in total. The minimum atomic E-state index is -4.39. The number of hydrogen-bond acceptors (Lipinski definition) is 4. The first kappa shape index (κ1) is 15.7. The average molecular weight is 310 g/mol. The molecule has 0 saturated carbocycles. The molecule has 3 N–H and O–H groups in total. The topological polar surface area (TPSA) is 80.9 Å². The standard InChI is InChI=1S/C14H13F3N4O/c1-8(9-2-4-10(5-3-9)14(15,16)17)21-13(22)11-12(18)20-7-6-19-11/h2-8H,1H3,(H2,18,20)(H,21,22)/t8-/m1/s1. The number of aromatic nitrogens is 2. The normalized spacial score (nSPS) is 12.7. The van der Waals surface area contributed by atoms with E-state index in [0.717, 1.165) is 12.1 Å². The molecule has 0 saturated heterocycles. The number of carbonyl (C=O) groups is 1. The summed E-state index contributed by atoms with van der Waals surface area (Å²) >= 11 is 0. The maximum absolute atomic E-state index is 12.5. The molecule has 1 amide bonds. The number of nitrogens with zero attached hydrogens (tertiary/aromatic N) is 2. The first-order chi connectivity index (χ1) is 10.3. The van der Waals surface area contributed by atoms with Gasteiger partial charge in [-0.05, 0) is 24.6 Å². The van der Waals surface area contributed by atoms with E-state index in [1.165, 1.54) is 24.5 Å². The van der Waals surface area contributed by atoms with Gasteiger partial charge in [-0.2, -0.15) is 13.2 Å². The fourth-order valence-corrected chi connectivity index (χ4v) is 1.83. The van der Waals surface area contributed by atoms with Gasteiger partial charge in [0.05, 0.1) is 11.6 Å². The van der Waals surface area contributed by atoms with E-state index in [1.54, 1.807) is 6.92 Å². The molecule has 2 rings (SSSR count). The third-order valence-corrected chi connectivity index (χ3v) is 3.03. The molecule has 0 unspecified atom stereocenters. The van der Waals surface area contributed by atoms with Crippen molar-refractivity contribution in [2.24, 2.45) is 0 Å². The molecule has 8 heteroatoms. The van der Waals surface area contributed by atoms with Crippen LogP contribution in [0, 0.1) is 0 Å². The number of rotatable bonds is 3. The van der Waals surface area contributed by atoms with Crippen LogP contribution in [0.3, 0.4) is 0 Å². The van der Waals surface area contributed by atoms with Crippen LogP contribution in [0.25, 0.3) is 0 Å². The third-order valence-electron chi connectivity index (χ3n) is 3.03. The van der Waals surface area contributed by atoms with Gasteiger partial charge in [-0.3, -0.25) is 4.79 Å². The molecule has 0 aliphatic carbocycles. The Bertz CT molecular complexity index is 671. The quantitative estimate of drug-likeness (QED) is 0.913. The maximum atomic E-state index is 12.5. The van der Waals surface area contributed by atoms with E-state index in [1.807, 2.05) is 0 Å². The van der Waals surface area contributed by atoms with Crippen LogP contribution in [0.2, 0.25) is 0 Å². The zero-order chi connectivity index (χ0) is 16.3. The molecule has 0 bridgehead atoms. The lowest BCUT2D eigenvalue weighted by molar-refractivity contribution is -0.137. The van der Waals surface area contributed by atoms with Gasteiger partial charge < -0.3 is 11.1 Å². The van der Waals surface area contributed by atoms with Crippen molar-refractivity contribution in [1.82, 2.24) is 15.3 Å². The molecule has 22 heavy (non-hydrogen) atoms. The summed E-state index contributed by atoms with van der Waals surface area (Å²) in [5.41, 5.74) is 5.31. The molecule has 1 aromatic heterocycles. The zero-order valence-corrected chi connectivity index (χ0v) is 11.6. The Morgan fingerprint density at radius 1 is 1.18 bits per heavy atom. The van der Waals surface area contributed by atoms with Crippen molar-refractivity contribution in [1.29, 1.82) is 0 Å². The SMILES string of the molecule is C[C@@H](NC(=O)c1nccnc1N)c1ccc(C(F)(F)F)cc1. The lowest BCUT2D eigenvalue weighted by Crippen LogP contribution is -2.28. The molecule has 0 spiro atoms. The largest absolute Gasteiger partial charge is 0.416 e. The smallest absolute Gasteiger partial charge is 0.382 e. The van der Waals surface area contributed by atoms with E-state index in [0.29, 0.717) is 5.56 Å². The number of carbonyl (C=O) groups excluding carboxylic acids is 1. The molecule has 0 aliphatic rings. The summed E-state index contributed by atoms with van der Waals surface area (Å²) in [5, 5.41) is 2.61. The number of nitrogens with two attached hydrogens (primary N) is 1. The highest BCUT2D eigenvalue weighted by molar-refractivity contribution is 5.96. The van der Waals surface area contributed by atoms with E-state index in [4.69, 9.17) is 5.73 Å². The van der Waals surface area contributed by atoms with Gasteiger partial charge in [0.25, 0.3) is 5.91 Å². The molecule has 1 atom stereocenters. The van der Waals surface area contributed by atoms with Gasteiger partial charge in [0.2, 0.25) is 0 Å². The minimum Gasteiger partial charge on any atom is -0.382 e. The summed E-state index contributed by atoms with van der Waals surface area (Å²) in [5.74, 6) is -0.558. The van der Waals surface area contributed by atoms with Crippen LogP contribution < -0.4 is 11.1 Å². The Morgan fingerprint density at radius 3 is 2.32 bits per heavy atom. The number of amides is 1. The van der Waals surface area contributed by atoms with Crippen LogP contribution >= 0.6 is 0 Å². The maximum Gasteiger partial charge on any atom is 0.416 e. The second kappa shape index (κ2) is 6.00.